The molecule has 0 radical (unpaired) electrons. The quantitative estimate of drug-likeness (QED) is 0.551. The Morgan fingerprint density at radius 3 is 2.40 bits per heavy atom. The number of rotatable bonds is 2. The van der Waals surface area contributed by atoms with Crippen LogP contribution in [0.4, 0.5) is 0 Å². The van der Waals surface area contributed by atoms with Crippen molar-refractivity contribution in [1.29, 1.82) is 0 Å². The van der Waals surface area contributed by atoms with Gasteiger partial charge in [-0.3, -0.25) is 0 Å². The third kappa shape index (κ3) is 4.52. The Morgan fingerprint density at radius 2 is 2.00 bits per heavy atom. The molecule has 0 rings (SSSR count). The first-order valence-corrected chi connectivity index (χ1v) is 4.79. The molecule has 0 N–H and O–H groups in total. The predicted octanol–water partition coefficient (Wildman–Crippen LogP) is 3.06. The molecule has 1 heteroatoms. The minimum Gasteiger partial charge on any atom is -0.0782 e. The molecule has 10 heavy (non-hydrogen) atoms. The van der Waals surface area contributed by atoms with Gasteiger partial charge in [-0.1, -0.05) is 37.1 Å². The van der Waals surface area contributed by atoms with Crippen LogP contribution in [-0.2, 0) is 0 Å². The highest BCUT2D eigenvalue weighted by molar-refractivity contribution is 8.03. The van der Waals surface area contributed by atoms with Gasteiger partial charge in [0.25, 0.3) is 0 Å². The van der Waals surface area contributed by atoms with Gasteiger partial charge in [0.2, 0.25) is 0 Å². The van der Waals surface area contributed by atoms with Crippen molar-refractivity contribution in [2.24, 2.45) is 0 Å². The summed E-state index contributed by atoms with van der Waals surface area (Å²) in [5.41, 5.74) is 1.43. The zero-order valence-corrected chi connectivity index (χ0v) is 7.72. The first kappa shape index (κ1) is 9.65. The van der Waals surface area contributed by atoms with E-state index in [2.05, 4.69) is 25.0 Å². The molecule has 0 spiro atoms. The van der Waals surface area contributed by atoms with Crippen LogP contribution >= 0.6 is 11.8 Å². The molecule has 0 unspecified atom stereocenters. The van der Waals surface area contributed by atoms with Crippen LogP contribution < -0.4 is 0 Å². The van der Waals surface area contributed by atoms with Crippen LogP contribution in [0.5, 0.6) is 0 Å². The Labute approximate surface area is 68.1 Å². The van der Waals surface area contributed by atoms with E-state index >= 15 is 0 Å². The summed E-state index contributed by atoms with van der Waals surface area (Å²) in [6, 6.07) is 0. The van der Waals surface area contributed by atoms with Crippen molar-refractivity contribution in [3.8, 4) is 11.2 Å². The highest BCUT2D eigenvalue weighted by atomic mass is 32.2. The molecule has 0 heterocycles. The van der Waals surface area contributed by atoms with Gasteiger partial charge in [-0.05, 0) is 30.4 Å². The maximum absolute atomic E-state index is 2.99. The first-order valence-electron chi connectivity index (χ1n) is 3.56. The zero-order valence-electron chi connectivity index (χ0n) is 6.90. The SMILES string of the molecule is CCC(=CC#CSC)CC. The van der Waals surface area contributed by atoms with Crippen LogP contribution in [-0.4, -0.2) is 6.26 Å². The van der Waals surface area contributed by atoms with Crippen LogP contribution in [0.2, 0.25) is 0 Å². The van der Waals surface area contributed by atoms with Crippen molar-refractivity contribution in [2.75, 3.05) is 6.26 Å². The van der Waals surface area contributed by atoms with Crippen molar-refractivity contribution in [1.82, 2.24) is 0 Å². The molecular formula is C9H14S. The third-order valence-corrected chi connectivity index (χ3v) is 1.67. The molecule has 0 bridgehead atoms. The summed E-state index contributed by atoms with van der Waals surface area (Å²) in [7, 11) is 0. The average molecular weight is 154 g/mol. The average Bonchev–Trinajstić information content (AvgIpc) is 1.99. The van der Waals surface area contributed by atoms with Crippen molar-refractivity contribution in [2.45, 2.75) is 26.7 Å². The van der Waals surface area contributed by atoms with Gasteiger partial charge in [-0.15, -0.1) is 0 Å². The van der Waals surface area contributed by atoms with E-state index in [1.54, 1.807) is 11.8 Å². The van der Waals surface area contributed by atoms with Crippen LogP contribution in [0.3, 0.4) is 0 Å². The molecule has 0 saturated heterocycles. The molecule has 0 aliphatic carbocycles. The summed E-state index contributed by atoms with van der Waals surface area (Å²) < 4.78 is 0. The van der Waals surface area contributed by atoms with E-state index in [0.717, 1.165) is 12.8 Å². The van der Waals surface area contributed by atoms with Crippen LogP contribution in [0.15, 0.2) is 11.6 Å². The minimum atomic E-state index is 1.12. The van der Waals surface area contributed by atoms with Crippen molar-refractivity contribution >= 4 is 11.8 Å². The summed E-state index contributed by atoms with van der Waals surface area (Å²) in [6.07, 6.45) is 6.26. The molecular weight excluding hydrogens is 140 g/mol. The maximum atomic E-state index is 2.99. The molecule has 0 nitrogen and oxygen atoms in total. The molecule has 0 aromatic carbocycles. The third-order valence-electron chi connectivity index (χ3n) is 1.35. The fourth-order valence-electron chi connectivity index (χ4n) is 0.645. The normalized spacial score (nSPS) is 7.90. The minimum absolute atomic E-state index is 1.12. The zero-order chi connectivity index (χ0) is 7.82. The van der Waals surface area contributed by atoms with Gasteiger partial charge in [0.05, 0.1) is 0 Å². The Hall–Kier alpha value is -0.350. The van der Waals surface area contributed by atoms with E-state index in [0.29, 0.717) is 0 Å². The summed E-state index contributed by atoms with van der Waals surface area (Å²) in [6.45, 7) is 4.33. The smallest absolute Gasteiger partial charge is 0.00592 e. The highest BCUT2D eigenvalue weighted by Gasteiger charge is 1.84. The summed E-state index contributed by atoms with van der Waals surface area (Å²) in [5, 5.41) is 2.94. The topological polar surface area (TPSA) is 0 Å². The van der Waals surface area contributed by atoms with Gasteiger partial charge in [-0.25, -0.2) is 0 Å². The number of hydrogen-bond donors (Lipinski definition) is 0. The number of hydrogen-bond acceptors (Lipinski definition) is 1. The number of thioether (sulfide) groups is 1. The molecule has 0 aromatic heterocycles. The predicted molar refractivity (Wildman–Crippen MR) is 50.0 cm³/mol. The van der Waals surface area contributed by atoms with Gasteiger partial charge in [0.15, 0.2) is 0 Å². The van der Waals surface area contributed by atoms with Crippen LogP contribution in [0.25, 0.3) is 0 Å². The van der Waals surface area contributed by atoms with Gasteiger partial charge < -0.3 is 0 Å². The second-order valence-corrected chi connectivity index (χ2v) is 2.57. The maximum Gasteiger partial charge on any atom is -0.00592 e. The largest absolute Gasteiger partial charge is 0.0782 e. The molecule has 56 valence electrons. The second-order valence-electron chi connectivity index (χ2n) is 1.96. The van der Waals surface area contributed by atoms with Gasteiger partial charge in [0, 0.05) is 0 Å². The van der Waals surface area contributed by atoms with Crippen molar-refractivity contribution < 1.29 is 0 Å². The summed E-state index contributed by atoms with van der Waals surface area (Å²) in [4.78, 5) is 0. The lowest BCUT2D eigenvalue weighted by atomic mass is 10.1. The van der Waals surface area contributed by atoms with Gasteiger partial charge in [-0.2, -0.15) is 0 Å². The fraction of sp³-hybridized carbons (Fsp3) is 0.556. The highest BCUT2D eigenvalue weighted by Crippen LogP contribution is 2.03. The van der Waals surface area contributed by atoms with E-state index in [1.165, 1.54) is 5.57 Å². The fourth-order valence-corrected chi connectivity index (χ4v) is 0.821. The molecule has 0 aliphatic heterocycles. The second kappa shape index (κ2) is 6.77. The summed E-state index contributed by atoms with van der Waals surface area (Å²) in [5.74, 6) is 2.99. The molecule has 0 amide bonds. The van der Waals surface area contributed by atoms with Crippen LogP contribution in [0.1, 0.15) is 26.7 Å². The van der Waals surface area contributed by atoms with E-state index in [-0.39, 0.29) is 0 Å². The van der Waals surface area contributed by atoms with Crippen molar-refractivity contribution in [3.63, 3.8) is 0 Å². The standard InChI is InChI=1S/C9H14S/c1-4-9(5-2)7-6-8-10-3/h7H,4-5H2,1-3H3. The molecule has 0 aliphatic rings. The summed E-state index contributed by atoms with van der Waals surface area (Å²) >= 11 is 1.56. The van der Waals surface area contributed by atoms with Gasteiger partial charge in [0.1, 0.15) is 0 Å². The van der Waals surface area contributed by atoms with Crippen molar-refractivity contribution in [3.05, 3.63) is 11.6 Å². The first-order chi connectivity index (χ1) is 4.85. The number of allylic oxidation sites excluding steroid dienone is 2. The molecule has 0 fully saturated rings. The van der Waals surface area contributed by atoms with E-state index in [1.807, 2.05) is 12.3 Å². The monoisotopic (exact) mass is 154 g/mol. The molecule has 0 saturated carbocycles. The van der Waals surface area contributed by atoms with E-state index < -0.39 is 0 Å². The Morgan fingerprint density at radius 1 is 1.40 bits per heavy atom. The Kier molecular flexibility index (Phi) is 6.53. The van der Waals surface area contributed by atoms with Gasteiger partial charge >= 0.3 is 0 Å². The van der Waals surface area contributed by atoms with Crippen LogP contribution in [0, 0.1) is 11.2 Å². The lowest BCUT2D eigenvalue weighted by molar-refractivity contribution is 0.980. The molecule has 0 aromatic rings. The Balaban J connectivity index is 3.85. The lowest BCUT2D eigenvalue weighted by Crippen LogP contribution is -1.74. The Bertz CT molecular complexity index is 151. The van der Waals surface area contributed by atoms with E-state index in [9.17, 15) is 0 Å². The molecule has 0 atom stereocenters. The lowest BCUT2D eigenvalue weighted by Gasteiger charge is -1.93. The van der Waals surface area contributed by atoms with E-state index in [4.69, 9.17) is 0 Å².